The van der Waals surface area contributed by atoms with Crippen molar-refractivity contribution in [3.05, 3.63) is 29.0 Å². The van der Waals surface area contributed by atoms with Gasteiger partial charge in [-0.2, -0.15) is 5.26 Å². The summed E-state index contributed by atoms with van der Waals surface area (Å²) in [6, 6.07) is 5.80. The van der Waals surface area contributed by atoms with Gasteiger partial charge in [0.15, 0.2) is 11.3 Å². The Balaban J connectivity index is 2.13. The molecule has 0 atom stereocenters. The average molecular weight is 352 g/mol. The van der Waals surface area contributed by atoms with Crippen LogP contribution in [0.25, 0.3) is 16.7 Å². The molecule has 26 heavy (non-hydrogen) atoms. The molecule has 1 aliphatic heterocycles. The Morgan fingerprint density at radius 2 is 1.77 bits per heavy atom. The molecule has 3 aromatic rings. The maximum Gasteiger partial charge on any atom is 0.357 e. The van der Waals surface area contributed by atoms with Crippen LogP contribution in [0, 0.1) is 11.3 Å². The van der Waals surface area contributed by atoms with E-state index in [2.05, 4.69) is 16.0 Å². The van der Waals surface area contributed by atoms with Crippen molar-refractivity contribution < 1.29 is 19.1 Å². The topological polar surface area (TPSA) is 96.9 Å². The second-order valence-electron chi connectivity index (χ2n) is 6.11. The fourth-order valence-electron chi connectivity index (χ4n) is 3.69. The zero-order chi connectivity index (χ0) is 18.4. The molecule has 0 aliphatic carbocycles. The van der Waals surface area contributed by atoms with Gasteiger partial charge in [-0.1, -0.05) is 0 Å². The summed E-state index contributed by atoms with van der Waals surface area (Å²) in [4.78, 5) is 31.0. The molecular formula is C18H16N4O4. The highest BCUT2D eigenvalue weighted by Crippen LogP contribution is 2.38. The summed E-state index contributed by atoms with van der Waals surface area (Å²) in [5, 5.41) is 9.75. The van der Waals surface area contributed by atoms with Crippen molar-refractivity contribution in [2.45, 2.75) is 12.8 Å². The zero-order valence-corrected chi connectivity index (χ0v) is 14.4. The highest BCUT2D eigenvalue weighted by molar-refractivity contribution is 6.09. The molecule has 3 aromatic heterocycles. The van der Waals surface area contributed by atoms with Crippen LogP contribution in [0.15, 0.2) is 12.1 Å². The number of esters is 2. The number of carbonyl (C=O) groups excluding carboxylic acids is 2. The summed E-state index contributed by atoms with van der Waals surface area (Å²) < 4.78 is 11.4. The monoisotopic (exact) mass is 352 g/mol. The summed E-state index contributed by atoms with van der Waals surface area (Å²) in [5.74, 6) is -1.43. The lowest BCUT2D eigenvalue weighted by atomic mass is 10.1. The van der Waals surface area contributed by atoms with Crippen molar-refractivity contribution in [2.24, 2.45) is 0 Å². The first-order valence-corrected chi connectivity index (χ1v) is 8.24. The highest BCUT2D eigenvalue weighted by atomic mass is 16.5. The number of aromatic nitrogens is 2. The molecule has 8 heteroatoms. The lowest BCUT2D eigenvalue weighted by molar-refractivity contribution is 0.0551. The molecule has 0 aromatic carbocycles. The van der Waals surface area contributed by atoms with Gasteiger partial charge in [-0.3, -0.25) is 4.40 Å². The number of methoxy groups -OCH3 is 2. The fraction of sp³-hybridized carbons (Fsp3) is 0.333. The van der Waals surface area contributed by atoms with Gasteiger partial charge in [-0.15, -0.1) is 0 Å². The van der Waals surface area contributed by atoms with Crippen LogP contribution in [0.2, 0.25) is 0 Å². The third-order valence-electron chi connectivity index (χ3n) is 4.81. The first kappa shape index (κ1) is 16.1. The van der Waals surface area contributed by atoms with E-state index >= 15 is 0 Å². The van der Waals surface area contributed by atoms with Gasteiger partial charge < -0.3 is 14.4 Å². The minimum atomic E-state index is -0.751. The van der Waals surface area contributed by atoms with Gasteiger partial charge in [-0.05, 0) is 25.0 Å². The van der Waals surface area contributed by atoms with E-state index in [-0.39, 0.29) is 11.3 Å². The maximum absolute atomic E-state index is 12.3. The van der Waals surface area contributed by atoms with Gasteiger partial charge in [0.1, 0.15) is 17.2 Å². The Morgan fingerprint density at radius 1 is 1.12 bits per heavy atom. The molecule has 4 heterocycles. The van der Waals surface area contributed by atoms with Crippen LogP contribution in [-0.2, 0) is 9.47 Å². The smallest absolute Gasteiger partial charge is 0.357 e. The van der Waals surface area contributed by atoms with E-state index in [1.165, 1.54) is 14.2 Å². The Hall–Kier alpha value is -3.34. The predicted octanol–water partition coefficient (Wildman–Crippen LogP) is 1.97. The van der Waals surface area contributed by atoms with E-state index in [1.807, 2.05) is 6.07 Å². The molecule has 1 fully saturated rings. The molecule has 0 bridgehead atoms. The molecule has 1 saturated heterocycles. The summed E-state index contributed by atoms with van der Waals surface area (Å²) in [7, 11) is 2.46. The summed E-state index contributed by atoms with van der Waals surface area (Å²) >= 11 is 0. The SMILES string of the molecule is COC(=O)c1nc2c(C#N)c(N3CCCC3)c3ccc(c1C(=O)OC)n32. The standard InChI is InChI=1S/C18H16N4O4/c1-25-17(23)13-11-5-6-12-15(21-7-3-4-8-21)10(9-19)16(22(11)12)20-14(13)18(24)26-2/h5-6H,3-4,7-8H2,1-2H3. The Bertz CT molecular complexity index is 1070. The van der Waals surface area contributed by atoms with Crippen molar-refractivity contribution in [1.29, 1.82) is 5.26 Å². The first-order valence-electron chi connectivity index (χ1n) is 8.24. The number of nitrogens with zero attached hydrogens (tertiary/aromatic N) is 4. The normalized spacial score (nSPS) is 14.1. The Labute approximate surface area is 148 Å². The third-order valence-corrected chi connectivity index (χ3v) is 4.81. The van der Waals surface area contributed by atoms with Crippen LogP contribution in [0.1, 0.15) is 39.3 Å². The van der Waals surface area contributed by atoms with Crippen LogP contribution < -0.4 is 4.90 Å². The van der Waals surface area contributed by atoms with Crippen molar-refractivity contribution >= 4 is 34.3 Å². The van der Waals surface area contributed by atoms with Gasteiger partial charge >= 0.3 is 11.9 Å². The molecule has 0 radical (unpaired) electrons. The van der Waals surface area contributed by atoms with E-state index in [1.54, 1.807) is 10.5 Å². The van der Waals surface area contributed by atoms with E-state index < -0.39 is 11.9 Å². The minimum Gasteiger partial charge on any atom is -0.465 e. The number of nitriles is 1. The number of hydrogen-bond acceptors (Lipinski definition) is 7. The maximum atomic E-state index is 12.3. The van der Waals surface area contributed by atoms with Crippen LogP contribution in [-0.4, -0.2) is 48.6 Å². The Kier molecular flexibility index (Phi) is 3.65. The van der Waals surface area contributed by atoms with E-state index in [4.69, 9.17) is 9.47 Å². The quantitative estimate of drug-likeness (QED) is 0.665. The van der Waals surface area contributed by atoms with Crippen LogP contribution in [0.4, 0.5) is 5.69 Å². The summed E-state index contributed by atoms with van der Waals surface area (Å²) in [5.41, 5.74) is 2.69. The Morgan fingerprint density at radius 3 is 2.38 bits per heavy atom. The molecule has 0 saturated carbocycles. The second kappa shape index (κ2) is 5.88. The minimum absolute atomic E-state index is 0.0364. The average Bonchev–Trinajstić information content (AvgIpc) is 3.39. The molecule has 0 amide bonds. The number of carbonyl (C=O) groups is 2. The van der Waals surface area contributed by atoms with E-state index in [0.717, 1.165) is 37.1 Å². The van der Waals surface area contributed by atoms with Gasteiger partial charge in [-0.25, -0.2) is 14.6 Å². The van der Waals surface area contributed by atoms with Gasteiger partial charge in [0.2, 0.25) is 0 Å². The van der Waals surface area contributed by atoms with Crippen molar-refractivity contribution in [3.63, 3.8) is 0 Å². The molecule has 0 unspecified atom stereocenters. The van der Waals surface area contributed by atoms with Crippen molar-refractivity contribution in [2.75, 3.05) is 32.2 Å². The summed E-state index contributed by atoms with van der Waals surface area (Å²) in [6.07, 6.45) is 2.11. The van der Waals surface area contributed by atoms with Crippen molar-refractivity contribution in [3.8, 4) is 6.07 Å². The third kappa shape index (κ3) is 2.03. The number of rotatable bonds is 3. The predicted molar refractivity (Wildman–Crippen MR) is 92.7 cm³/mol. The molecule has 1 aliphatic rings. The van der Waals surface area contributed by atoms with Crippen LogP contribution in [0.5, 0.6) is 0 Å². The van der Waals surface area contributed by atoms with Crippen LogP contribution >= 0.6 is 0 Å². The van der Waals surface area contributed by atoms with Gasteiger partial charge in [0, 0.05) is 13.1 Å². The number of hydrogen-bond donors (Lipinski definition) is 0. The molecule has 4 rings (SSSR count). The second-order valence-corrected chi connectivity index (χ2v) is 6.11. The molecular weight excluding hydrogens is 336 g/mol. The lowest BCUT2D eigenvalue weighted by Crippen LogP contribution is -2.18. The van der Waals surface area contributed by atoms with Gasteiger partial charge in [0.05, 0.1) is 30.9 Å². The molecule has 8 nitrogen and oxygen atoms in total. The summed E-state index contributed by atoms with van der Waals surface area (Å²) in [6.45, 7) is 1.71. The molecule has 132 valence electrons. The number of anilines is 1. The van der Waals surface area contributed by atoms with Gasteiger partial charge in [0.25, 0.3) is 0 Å². The van der Waals surface area contributed by atoms with E-state index in [0.29, 0.717) is 16.7 Å². The molecule has 0 N–H and O–H groups in total. The largest absolute Gasteiger partial charge is 0.465 e. The highest BCUT2D eigenvalue weighted by Gasteiger charge is 2.31. The van der Waals surface area contributed by atoms with Crippen molar-refractivity contribution in [1.82, 2.24) is 9.38 Å². The zero-order valence-electron chi connectivity index (χ0n) is 14.4. The molecule has 0 spiro atoms. The fourth-order valence-corrected chi connectivity index (χ4v) is 3.69. The first-order chi connectivity index (χ1) is 12.6. The van der Waals surface area contributed by atoms with E-state index in [9.17, 15) is 14.9 Å². The van der Waals surface area contributed by atoms with Crippen LogP contribution in [0.3, 0.4) is 0 Å². The lowest BCUT2D eigenvalue weighted by Gasteiger charge is -2.16. The number of ether oxygens (including phenoxy) is 2.